The van der Waals surface area contributed by atoms with Gasteiger partial charge in [-0.15, -0.1) is 0 Å². The van der Waals surface area contributed by atoms with E-state index in [1.165, 1.54) is 32.1 Å². The van der Waals surface area contributed by atoms with E-state index in [4.69, 9.17) is 0 Å². The van der Waals surface area contributed by atoms with Crippen LogP contribution >= 0.6 is 0 Å². The summed E-state index contributed by atoms with van der Waals surface area (Å²) in [5.41, 5.74) is 0. The van der Waals surface area contributed by atoms with Gasteiger partial charge in [-0.25, -0.2) is 0 Å². The second-order valence-electron chi connectivity index (χ2n) is 5.91. The van der Waals surface area contributed by atoms with Crippen molar-refractivity contribution in [3.8, 4) is 0 Å². The minimum absolute atomic E-state index is 0.193. The van der Waals surface area contributed by atoms with E-state index in [2.05, 4.69) is 6.92 Å². The van der Waals surface area contributed by atoms with E-state index in [9.17, 15) is 20.4 Å². The van der Waals surface area contributed by atoms with E-state index >= 15 is 0 Å². The number of rotatable bonds is 9. The molecule has 0 spiro atoms. The summed E-state index contributed by atoms with van der Waals surface area (Å²) in [7, 11) is 0. The monoisotopic (exact) mass is 289 g/mol. The van der Waals surface area contributed by atoms with E-state index in [-0.39, 0.29) is 6.61 Å². The lowest BCUT2D eigenvalue weighted by Gasteiger charge is -2.43. The van der Waals surface area contributed by atoms with Crippen molar-refractivity contribution in [2.24, 2.45) is 0 Å². The highest BCUT2D eigenvalue weighted by molar-refractivity contribution is 4.93. The van der Waals surface area contributed by atoms with Crippen LogP contribution in [0.2, 0.25) is 0 Å². The second kappa shape index (κ2) is 9.68. The Bertz CT molecular complexity index is 252. The number of unbranched alkanes of at least 4 members (excludes halogenated alkanes) is 6. The maximum Gasteiger partial charge on any atom is 0.109 e. The molecule has 0 aliphatic carbocycles. The molecule has 0 aromatic heterocycles. The van der Waals surface area contributed by atoms with Gasteiger partial charge < -0.3 is 20.4 Å². The van der Waals surface area contributed by atoms with Gasteiger partial charge in [0.2, 0.25) is 0 Å². The van der Waals surface area contributed by atoms with Crippen molar-refractivity contribution in [2.45, 2.75) is 76.2 Å². The van der Waals surface area contributed by atoms with E-state index in [0.29, 0.717) is 6.54 Å². The molecule has 0 unspecified atom stereocenters. The summed E-state index contributed by atoms with van der Waals surface area (Å²) < 4.78 is 0. The molecule has 0 aromatic carbocycles. The molecule has 1 fully saturated rings. The van der Waals surface area contributed by atoms with Crippen molar-refractivity contribution in [1.29, 1.82) is 0 Å². The Labute approximate surface area is 122 Å². The van der Waals surface area contributed by atoms with Crippen molar-refractivity contribution in [3.05, 3.63) is 0 Å². The van der Waals surface area contributed by atoms with Gasteiger partial charge in [0.25, 0.3) is 0 Å². The maximum atomic E-state index is 9.87. The van der Waals surface area contributed by atoms with Gasteiger partial charge in [-0.05, 0) is 13.0 Å². The van der Waals surface area contributed by atoms with Crippen LogP contribution in [0.5, 0.6) is 0 Å². The Hall–Kier alpha value is -0.200. The highest BCUT2D eigenvalue weighted by Gasteiger charge is 2.40. The molecular weight excluding hydrogens is 258 g/mol. The zero-order valence-corrected chi connectivity index (χ0v) is 12.6. The summed E-state index contributed by atoms with van der Waals surface area (Å²) in [4.78, 5) is 1.90. The Morgan fingerprint density at radius 1 is 0.900 bits per heavy atom. The summed E-state index contributed by atoms with van der Waals surface area (Å²) >= 11 is 0. The number of hydrogen-bond acceptors (Lipinski definition) is 5. The number of hydrogen-bond donors (Lipinski definition) is 4. The first-order valence-corrected chi connectivity index (χ1v) is 8.01. The summed E-state index contributed by atoms with van der Waals surface area (Å²) in [6, 6.07) is -0.464. The first kappa shape index (κ1) is 17.9. The van der Waals surface area contributed by atoms with Gasteiger partial charge in [-0.3, -0.25) is 4.90 Å². The highest BCUT2D eigenvalue weighted by Crippen LogP contribution is 2.19. The molecule has 4 atom stereocenters. The van der Waals surface area contributed by atoms with Crippen LogP contribution in [0.15, 0.2) is 0 Å². The lowest BCUT2D eigenvalue weighted by atomic mass is 9.94. The highest BCUT2D eigenvalue weighted by atomic mass is 16.4. The molecule has 5 heteroatoms. The summed E-state index contributed by atoms with van der Waals surface area (Å²) in [6.07, 6.45) is 5.29. The zero-order chi connectivity index (χ0) is 15.0. The third kappa shape index (κ3) is 5.30. The predicted molar refractivity (Wildman–Crippen MR) is 78.5 cm³/mol. The molecule has 0 saturated carbocycles. The van der Waals surface area contributed by atoms with Crippen LogP contribution in [0, 0.1) is 0 Å². The molecule has 1 heterocycles. The van der Waals surface area contributed by atoms with Crippen molar-refractivity contribution in [3.63, 3.8) is 0 Å². The summed E-state index contributed by atoms with van der Waals surface area (Å²) in [5, 5.41) is 38.5. The van der Waals surface area contributed by atoms with Gasteiger partial charge in [0.15, 0.2) is 0 Å². The van der Waals surface area contributed by atoms with E-state index in [0.717, 1.165) is 19.4 Å². The molecule has 1 aliphatic rings. The minimum Gasteiger partial charge on any atom is -0.395 e. The second-order valence-corrected chi connectivity index (χ2v) is 5.91. The number of aliphatic hydroxyl groups excluding tert-OH is 4. The number of nitrogens with zero attached hydrogens (tertiary/aromatic N) is 1. The van der Waals surface area contributed by atoms with E-state index in [1.807, 2.05) is 4.90 Å². The number of piperidine rings is 1. The van der Waals surface area contributed by atoms with Crippen molar-refractivity contribution in [2.75, 3.05) is 19.7 Å². The molecule has 0 aromatic rings. The number of aliphatic hydroxyl groups is 4. The van der Waals surface area contributed by atoms with Crippen LogP contribution in [-0.4, -0.2) is 69.4 Å². The van der Waals surface area contributed by atoms with Gasteiger partial charge in [0.1, 0.15) is 12.2 Å². The third-order valence-electron chi connectivity index (χ3n) is 4.26. The predicted octanol–water partition coefficient (Wildman–Crippen LogP) is 0.496. The molecule has 0 radical (unpaired) electrons. The molecular formula is C15H31NO4. The summed E-state index contributed by atoms with van der Waals surface area (Å²) in [5.74, 6) is 0. The number of β-amino-alcohol motifs (C(OH)–C–C–N with tert-alkyl or cyclic N) is 1. The van der Waals surface area contributed by atoms with Gasteiger partial charge in [0, 0.05) is 6.54 Å². The molecule has 120 valence electrons. The number of likely N-dealkylation sites (tertiary alicyclic amines) is 1. The first-order chi connectivity index (χ1) is 9.61. The molecule has 20 heavy (non-hydrogen) atoms. The average Bonchev–Trinajstić information content (AvgIpc) is 2.44. The quantitative estimate of drug-likeness (QED) is 0.465. The Kier molecular flexibility index (Phi) is 8.64. The van der Waals surface area contributed by atoms with Gasteiger partial charge in [0.05, 0.1) is 18.8 Å². The first-order valence-electron chi connectivity index (χ1n) is 8.01. The third-order valence-corrected chi connectivity index (χ3v) is 4.26. The lowest BCUT2D eigenvalue weighted by Crippen LogP contribution is -2.62. The molecule has 5 nitrogen and oxygen atoms in total. The van der Waals surface area contributed by atoms with Gasteiger partial charge in [-0.2, -0.15) is 0 Å². The van der Waals surface area contributed by atoms with Crippen LogP contribution in [0.4, 0.5) is 0 Å². The van der Waals surface area contributed by atoms with Crippen molar-refractivity contribution in [1.82, 2.24) is 4.90 Å². The minimum atomic E-state index is -1.16. The molecule has 1 rings (SSSR count). The Balaban J connectivity index is 2.24. The van der Waals surface area contributed by atoms with Gasteiger partial charge in [-0.1, -0.05) is 45.4 Å². The Morgan fingerprint density at radius 3 is 2.10 bits per heavy atom. The average molecular weight is 289 g/mol. The summed E-state index contributed by atoms with van der Waals surface area (Å²) in [6.45, 7) is 3.08. The largest absolute Gasteiger partial charge is 0.395 e. The zero-order valence-electron chi connectivity index (χ0n) is 12.6. The Morgan fingerprint density at radius 2 is 1.50 bits per heavy atom. The van der Waals surface area contributed by atoms with Crippen molar-refractivity contribution >= 4 is 0 Å². The molecule has 4 N–H and O–H groups in total. The van der Waals surface area contributed by atoms with E-state index in [1.54, 1.807) is 0 Å². The van der Waals surface area contributed by atoms with Crippen LogP contribution in [0.3, 0.4) is 0 Å². The normalized spacial score (nSPS) is 31.6. The molecule has 1 saturated heterocycles. The van der Waals surface area contributed by atoms with E-state index < -0.39 is 24.4 Å². The lowest BCUT2D eigenvalue weighted by molar-refractivity contribution is -0.145. The van der Waals surface area contributed by atoms with Crippen LogP contribution in [0.1, 0.15) is 51.9 Å². The van der Waals surface area contributed by atoms with Crippen LogP contribution in [-0.2, 0) is 0 Å². The maximum absolute atomic E-state index is 9.87. The SMILES string of the molecule is CCCCCCCCCN1C[C@@H](O)[C@@H](O)[C@H](O)[C@@H]1CO. The molecule has 0 bridgehead atoms. The topological polar surface area (TPSA) is 84.2 Å². The fourth-order valence-electron chi connectivity index (χ4n) is 2.91. The van der Waals surface area contributed by atoms with Crippen LogP contribution in [0.25, 0.3) is 0 Å². The smallest absolute Gasteiger partial charge is 0.109 e. The molecule has 1 aliphatic heterocycles. The van der Waals surface area contributed by atoms with Crippen LogP contribution < -0.4 is 0 Å². The fourth-order valence-corrected chi connectivity index (χ4v) is 2.91. The fraction of sp³-hybridized carbons (Fsp3) is 1.00. The molecule has 0 amide bonds. The van der Waals surface area contributed by atoms with Crippen molar-refractivity contribution < 1.29 is 20.4 Å². The standard InChI is InChI=1S/C15H31NO4/c1-2-3-4-5-6-7-8-9-16-10-13(18)15(20)14(19)12(16)11-17/h12-15,17-20H,2-11H2,1H3/t12-,13+,14+,15+/m0/s1. The van der Waals surface area contributed by atoms with Gasteiger partial charge >= 0.3 is 0 Å².